The highest BCUT2D eigenvalue weighted by atomic mass is 79.9. The Morgan fingerprint density at radius 3 is 2.65 bits per heavy atom. The summed E-state index contributed by atoms with van der Waals surface area (Å²) in [6.07, 6.45) is 1.75. The van der Waals surface area contributed by atoms with Crippen LogP contribution in [0, 0.1) is 0 Å². The topological polar surface area (TPSA) is 60.3 Å². The molecule has 23 heavy (non-hydrogen) atoms. The van der Waals surface area contributed by atoms with E-state index in [0.717, 1.165) is 15.1 Å². The predicted molar refractivity (Wildman–Crippen MR) is 93.6 cm³/mol. The Morgan fingerprint density at radius 1 is 1.26 bits per heavy atom. The van der Waals surface area contributed by atoms with Crippen LogP contribution < -0.4 is 5.32 Å². The summed E-state index contributed by atoms with van der Waals surface area (Å²) < 4.78 is 7.66. The largest absolute Gasteiger partial charge is 0.451 e. The van der Waals surface area contributed by atoms with Gasteiger partial charge in [-0.2, -0.15) is 0 Å². The van der Waals surface area contributed by atoms with Crippen LogP contribution in [0.4, 0.5) is 0 Å². The molecule has 0 bridgehead atoms. The van der Waals surface area contributed by atoms with Crippen molar-refractivity contribution in [2.24, 2.45) is 7.05 Å². The van der Waals surface area contributed by atoms with Crippen LogP contribution in [0.2, 0.25) is 0 Å². The number of hydrogen-bond donors (Lipinski definition) is 1. The maximum atomic E-state index is 11.7. The Morgan fingerprint density at radius 2 is 2.00 bits per heavy atom. The summed E-state index contributed by atoms with van der Waals surface area (Å²) in [5.74, 6) is -0.0556. The minimum atomic E-state index is -0.503. The lowest BCUT2D eigenvalue weighted by Gasteiger charge is -2.07. The molecule has 0 aliphatic carbocycles. The number of amides is 1. The quantitative estimate of drug-likeness (QED) is 0.444. The van der Waals surface area contributed by atoms with Crippen molar-refractivity contribution in [3.63, 3.8) is 0 Å². The highest BCUT2D eigenvalue weighted by Gasteiger charge is 2.12. The molecule has 122 valence electrons. The predicted octanol–water partition coefficient (Wildman–Crippen LogP) is 2.85. The third-order valence-corrected chi connectivity index (χ3v) is 4.54. The minimum absolute atomic E-state index is 0.271. The van der Waals surface area contributed by atoms with Gasteiger partial charge in [0, 0.05) is 34.9 Å². The summed E-state index contributed by atoms with van der Waals surface area (Å²) in [4.78, 5) is 24.5. The molecule has 0 aliphatic heterocycles. The van der Waals surface area contributed by atoms with Gasteiger partial charge in [-0.15, -0.1) is 11.8 Å². The van der Waals surface area contributed by atoms with Crippen LogP contribution in [0.1, 0.15) is 10.5 Å². The number of aryl methyl sites for hydroxylation is 1. The number of carbonyl (C=O) groups is 2. The van der Waals surface area contributed by atoms with Crippen LogP contribution in [0.5, 0.6) is 0 Å². The summed E-state index contributed by atoms with van der Waals surface area (Å²) in [7, 11) is 1.75. The number of aromatic nitrogens is 1. The van der Waals surface area contributed by atoms with Gasteiger partial charge in [-0.1, -0.05) is 15.9 Å². The highest BCUT2D eigenvalue weighted by molar-refractivity contribution is 9.10. The van der Waals surface area contributed by atoms with Crippen LogP contribution in [0.25, 0.3) is 0 Å². The molecule has 0 radical (unpaired) electrons. The second-order valence-corrected chi connectivity index (χ2v) is 6.82. The van der Waals surface area contributed by atoms with Gasteiger partial charge in [0.1, 0.15) is 5.69 Å². The number of hydrogen-bond acceptors (Lipinski definition) is 4. The zero-order valence-corrected chi connectivity index (χ0v) is 15.0. The average Bonchev–Trinajstić information content (AvgIpc) is 2.97. The molecule has 7 heteroatoms. The second kappa shape index (κ2) is 8.79. The summed E-state index contributed by atoms with van der Waals surface area (Å²) in [6, 6.07) is 11.4. The van der Waals surface area contributed by atoms with E-state index in [9.17, 15) is 9.59 Å². The van der Waals surface area contributed by atoms with Crippen molar-refractivity contribution in [1.29, 1.82) is 0 Å². The van der Waals surface area contributed by atoms with Gasteiger partial charge in [0.05, 0.1) is 0 Å². The van der Waals surface area contributed by atoms with Gasteiger partial charge in [-0.05, 0) is 36.4 Å². The molecule has 0 aliphatic rings. The fraction of sp³-hybridized carbons (Fsp3) is 0.250. The maximum absolute atomic E-state index is 11.7. The van der Waals surface area contributed by atoms with Crippen LogP contribution >= 0.6 is 27.7 Å². The molecule has 1 N–H and O–H groups in total. The van der Waals surface area contributed by atoms with E-state index in [1.54, 1.807) is 41.7 Å². The van der Waals surface area contributed by atoms with Gasteiger partial charge in [-0.3, -0.25) is 4.79 Å². The molecule has 5 nitrogen and oxygen atoms in total. The number of halogens is 1. The lowest BCUT2D eigenvalue weighted by atomic mass is 10.4. The number of thioether (sulfide) groups is 1. The number of esters is 1. The van der Waals surface area contributed by atoms with Gasteiger partial charge >= 0.3 is 5.97 Å². The van der Waals surface area contributed by atoms with Crippen molar-refractivity contribution >= 4 is 39.6 Å². The lowest BCUT2D eigenvalue weighted by molar-refractivity contribution is -0.124. The van der Waals surface area contributed by atoms with E-state index in [0.29, 0.717) is 12.2 Å². The average molecular weight is 397 g/mol. The van der Waals surface area contributed by atoms with Crippen molar-refractivity contribution in [2.45, 2.75) is 4.90 Å². The first-order chi connectivity index (χ1) is 11.1. The third kappa shape index (κ3) is 5.76. The van der Waals surface area contributed by atoms with E-state index in [-0.39, 0.29) is 12.5 Å². The van der Waals surface area contributed by atoms with Gasteiger partial charge < -0.3 is 14.6 Å². The molecule has 1 aromatic heterocycles. The molecule has 0 fully saturated rings. The first-order valence-electron chi connectivity index (χ1n) is 7.00. The van der Waals surface area contributed by atoms with Gasteiger partial charge in [0.15, 0.2) is 6.61 Å². The van der Waals surface area contributed by atoms with Gasteiger partial charge in [-0.25, -0.2) is 4.79 Å². The van der Waals surface area contributed by atoms with Crippen molar-refractivity contribution in [2.75, 3.05) is 18.9 Å². The summed E-state index contributed by atoms with van der Waals surface area (Å²) in [5.41, 5.74) is 0.420. The van der Waals surface area contributed by atoms with E-state index >= 15 is 0 Å². The molecule has 2 aromatic rings. The van der Waals surface area contributed by atoms with E-state index < -0.39 is 5.97 Å². The molecule has 1 amide bonds. The zero-order chi connectivity index (χ0) is 16.7. The van der Waals surface area contributed by atoms with E-state index in [4.69, 9.17) is 4.74 Å². The Balaban J connectivity index is 1.62. The molecule has 0 saturated heterocycles. The molecule has 1 heterocycles. The van der Waals surface area contributed by atoms with Crippen molar-refractivity contribution in [3.8, 4) is 0 Å². The molecular weight excluding hydrogens is 380 g/mol. The number of carbonyl (C=O) groups excluding carboxylic acids is 2. The van der Waals surface area contributed by atoms with Gasteiger partial charge in [0.2, 0.25) is 0 Å². The number of nitrogens with one attached hydrogen (secondary N) is 1. The second-order valence-electron chi connectivity index (χ2n) is 4.73. The Labute approximate surface area is 147 Å². The Bertz CT molecular complexity index is 670. The van der Waals surface area contributed by atoms with Crippen LogP contribution in [-0.2, 0) is 16.6 Å². The number of nitrogens with zero attached hydrogens (tertiary/aromatic N) is 1. The summed E-state index contributed by atoms with van der Waals surface area (Å²) >= 11 is 5.03. The van der Waals surface area contributed by atoms with Crippen LogP contribution in [0.3, 0.4) is 0 Å². The molecule has 0 unspecified atom stereocenters. The van der Waals surface area contributed by atoms with Crippen molar-refractivity contribution < 1.29 is 14.3 Å². The molecule has 0 atom stereocenters. The highest BCUT2D eigenvalue weighted by Crippen LogP contribution is 2.19. The third-order valence-electron chi connectivity index (χ3n) is 2.99. The monoisotopic (exact) mass is 396 g/mol. The summed E-state index contributed by atoms with van der Waals surface area (Å²) in [6.45, 7) is 0.244. The standard InChI is InChI=1S/C16H17BrN2O3S/c1-19-9-2-3-14(19)16(21)22-11-15(20)18-8-10-23-13-6-4-12(17)5-7-13/h2-7,9H,8,10-11H2,1H3,(H,18,20). The first kappa shape index (κ1) is 17.6. The van der Waals surface area contributed by atoms with Gasteiger partial charge in [0.25, 0.3) is 5.91 Å². The maximum Gasteiger partial charge on any atom is 0.355 e. The number of benzene rings is 1. The zero-order valence-electron chi connectivity index (χ0n) is 12.6. The fourth-order valence-corrected chi connectivity index (χ4v) is 2.85. The van der Waals surface area contributed by atoms with Crippen molar-refractivity contribution in [3.05, 3.63) is 52.8 Å². The van der Waals surface area contributed by atoms with Crippen LogP contribution in [0.15, 0.2) is 52.0 Å². The molecular formula is C16H17BrN2O3S. The fourth-order valence-electron chi connectivity index (χ4n) is 1.82. The van der Waals surface area contributed by atoms with E-state index in [1.807, 2.05) is 24.3 Å². The lowest BCUT2D eigenvalue weighted by Crippen LogP contribution is -2.30. The first-order valence-corrected chi connectivity index (χ1v) is 8.77. The number of rotatable bonds is 7. The Kier molecular flexibility index (Phi) is 6.73. The van der Waals surface area contributed by atoms with Crippen molar-refractivity contribution in [1.82, 2.24) is 9.88 Å². The molecule has 0 saturated carbocycles. The minimum Gasteiger partial charge on any atom is -0.451 e. The SMILES string of the molecule is Cn1cccc1C(=O)OCC(=O)NCCSc1ccc(Br)cc1. The molecule has 0 spiro atoms. The van der Waals surface area contributed by atoms with E-state index in [2.05, 4.69) is 21.2 Å². The molecule has 2 rings (SSSR count). The van der Waals surface area contributed by atoms with Crippen LogP contribution in [-0.4, -0.2) is 35.3 Å². The molecule has 1 aromatic carbocycles. The number of ether oxygens (including phenoxy) is 1. The Hall–Kier alpha value is -1.73. The smallest absolute Gasteiger partial charge is 0.355 e. The van der Waals surface area contributed by atoms with E-state index in [1.165, 1.54) is 0 Å². The summed E-state index contributed by atoms with van der Waals surface area (Å²) in [5, 5.41) is 2.73. The normalized spacial score (nSPS) is 10.3.